The minimum atomic E-state index is -0.144. The Bertz CT molecular complexity index is 996. The zero-order valence-electron chi connectivity index (χ0n) is 19.5. The third kappa shape index (κ3) is 6.16. The van der Waals surface area contributed by atoms with Crippen LogP contribution in [0.15, 0.2) is 85.5 Å². The van der Waals surface area contributed by atoms with Crippen molar-refractivity contribution in [3.63, 3.8) is 0 Å². The highest BCUT2D eigenvalue weighted by Gasteiger charge is 2.24. The Morgan fingerprint density at radius 2 is 1.53 bits per heavy atom. The SMILES string of the molecule is C=CC(C)(CCCc1cccc(Oc2ccccc2)c1)c1ccc(OCC)c(OCC)c1. The van der Waals surface area contributed by atoms with E-state index in [1.165, 1.54) is 11.1 Å². The van der Waals surface area contributed by atoms with Gasteiger partial charge in [-0.3, -0.25) is 0 Å². The molecule has 0 heterocycles. The molecule has 0 fully saturated rings. The van der Waals surface area contributed by atoms with Gasteiger partial charge in [0.15, 0.2) is 11.5 Å². The summed E-state index contributed by atoms with van der Waals surface area (Å²) in [6, 6.07) is 24.5. The van der Waals surface area contributed by atoms with Crippen LogP contribution in [0.5, 0.6) is 23.0 Å². The molecule has 168 valence electrons. The van der Waals surface area contributed by atoms with Crippen LogP contribution < -0.4 is 14.2 Å². The Morgan fingerprint density at radius 3 is 2.25 bits per heavy atom. The molecule has 0 aliphatic rings. The summed E-state index contributed by atoms with van der Waals surface area (Å²) >= 11 is 0. The molecule has 0 spiro atoms. The first-order chi connectivity index (χ1) is 15.6. The van der Waals surface area contributed by atoms with Crippen LogP contribution >= 0.6 is 0 Å². The molecule has 1 atom stereocenters. The van der Waals surface area contributed by atoms with Crippen molar-refractivity contribution in [2.45, 2.75) is 45.4 Å². The maximum atomic E-state index is 5.98. The summed E-state index contributed by atoms with van der Waals surface area (Å²) in [4.78, 5) is 0. The lowest BCUT2D eigenvalue weighted by atomic mass is 9.78. The normalized spacial score (nSPS) is 12.6. The Balaban J connectivity index is 1.66. The molecule has 3 aromatic carbocycles. The third-order valence-electron chi connectivity index (χ3n) is 5.69. The molecule has 1 unspecified atom stereocenters. The van der Waals surface area contributed by atoms with Gasteiger partial charge in [-0.15, -0.1) is 6.58 Å². The summed E-state index contributed by atoms with van der Waals surface area (Å²) in [5, 5.41) is 0. The topological polar surface area (TPSA) is 27.7 Å². The number of allylic oxidation sites excluding steroid dienone is 1. The van der Waals surface area contributed by atoms with Crippen LogP contribution in [0.3, 0.4) is 0 Å². The van der Waals surface area contributed by atoms with Crippen molar-refractivity contribution in [1.82, 2.24) is 0 Å². The van der Waals surface area contributed by atoms with E-state index in [9.17, 15) is 0 Å². The number of rotatable bonds is 12. The van der Waals surface area contributed by atoms with Crippen molar-refractivity contribution >= 4 is 0 Å². The zero-order chi connectivity index (χ0) is 22.8. The molecule has 0 radical (unpaired) electrons. The van der Waals surface area contributed by atoms with Crippen molar-refractivity contribution in [3.05, 3.63) is 96.6 Å². The molecule has 0 amide bonds. The van der Waals surface area contributed by atoms with E-state index < -0.39 is 0 Å². The number of hydrogen-bond acceptors (Lipinski definition) is 3. The van der Waals surface area contributed by atoms with Crippen molar-refractivity contribution < 1.29 is 14.2 Å². The predicted molar refractivity (Wildman–Crippen MR) is 132 cm³/mol. The lowest BCUT2D eigenvalue weighted by molar-refractivity contribution is 0.287. The molecule has 3 nitrogen and oxygen atoms in total. The Morgan fingerprint density at radius 1 is 0.812 bits per heavy atom. The zero-order valence-corrected chi connectivity index (χ0v) is 19.5. The summed E-state index contributed by atoms with van der Waals surface area (Å²) in [5.41, 5.74) is 2.32. The molecule has 3 rings (SSSR count). The maximum absolute atomic E-state index is 5.98. The first-order valence-corrected chi connectivity index (χ1v) is 11.4. The smallest absolute Gasteiger partial charge is 0.161 e. The van der Waals surface area contributed by atoms with Crippen LogP contribution in [0.25, 0.3) is 0 Å². The van der Waals surface area contributed by atoms with E-state index in [0.29, 0.717) is 13.2 Å². The van der Waals surface area contributed by atoms with Crippen LogP contribution in [-0.4, -0.2) is 13.2 Å². The second-order valence-electron chi connectivity index (χ2n) is 8.07. The Hall–Kier alpha value is -3.20. The highest BCUT2D eigenvalue weighted by Crippen LogP contribution is 2.37. The highest BCUT2D eigenvalue weighted by atomic mass is 16.5. The fourth-order valence-corrected chi connectivity index (χ4v) is 3.82. The van der Waals surface area contributed by atoms with Crippen LogP contribution in [0.4, 0.5) is 0 Å². The van der Waals surface area contributed by atoms with Crippen molar-refractivity contribution in [1.29, 1.82) is 0 Å². The van der Waals surface area contributed by atoms with Gasteiger partial charge in [0.05, 0.1) is 13.2 Å². The average molecular weight is 431 g/mol. The first-order valence-electron chi connectivity index (χ1n) is 11.4. The summed E-state index contributed by atoms with van der Waals surface area (Å²) in [6.45, 7) is 11.6. The molecule has 0 saturated heterocycles. The van der Waals surface area contributed by atoms with Gasteiger partial charge in [-0.05, 0) is 80.6 Å². The number of aryl methyl sites for hydroxylation is 1. The van der Waals surface area contributed by atoms with E-state index in [4.69, 9.17) is 14.2 Å². The summed E-state index contributed by atoms with van der Waals surface area (Å²) < 4.78 is 17.5. The number of hydrogen-bond donors (Lipinski definition) is 0. The van der Waals surface area contributed by atoms with Crippen molar-refractivity contribution in [2.75, 3.05) is 13.2 Å². The summed E-state index contributed by atoms with van der Waals surface area (Å²) in [5.74, 6) is 3.31. The number of ether oxygens (including phenoxy) is 3. The minimum Gasteiger partial charge on any atom is -0.490 e. The third-order valence-corrected chi connectivity index (χ3v) is 5.69. The molecule has 3 heteroatoms. The number of para-hydroxylation sites is 1. The standard InChI is InChI=1S/C29H34O3/c1-5-29(4,24-18-19-27(30-6-2)28(22-24)31-7-3)20-12-14-23-13-11-17-26(21-23)32-25-15-9-8-10-16-25/h5,8-11,13,15-19,21-22H,1,6-7,12,14,20H2,2-4H3. The van der Waals surface area contributed by atoms with Gasteiger partial charge in [-0.25, -0.2) is 0 Å². The minimum absolute atomic E-state index is 0.144. The van der Waals surface area contributed by atoms with Crippen LogP contribution in [-0.2, 0) is 11.8 Å². The molecule has 3 aromatic rings. The molecular weight excluding hydrogens is 396 g/mol. The molecule has 0 aromatic heterocycles. The van der Waals surface area contributed by atoms with Crippen LogP contribution in [0, 0.1) is 0 Å². The number of benzene rings is 3. The molecule has 32 heavy (non-hydrogen) atoms. The van der Waals surface area contributed by atoms with Gasteiger partial charge in [-0.1, -0.05) is 49.4 Å². The molecule has 0 aliphatic heterocycles. The van der Waals surface area contributed by atoms with Gasteiger partial charge in [0.25, 0.3) is 0 Å². The van der Waals surface area contributed by atoms with E-state index in [1.807, 2.05) is 62.4 Å². The fourth-order valence-electron chi connectivity index (χ4n) is 3.82. The maximum Gasteiger partial charge on any atom is 0.161 e. The molecule has 0 aliphatic carbocycles. The van der Waals surface area contributed by atoms with E-state index in [1.54, 1.807) is 0 Å². The monoisotopic (exact) mass is 430 g/mol. The molecule has 0 bridgehead atoms. The Kier molecular flexibility index (Phi) is 8.38. The fraction of sp³-hybridized carbons (Fsp3) is 0.310. The van der Waals surface area contributed by atoms with E-state index >= 15 is 0 Å². The van der Waals surface area contributed by atoms with Crippen molar-refractivity contribution in [2.24, 2.45) is 0 Å². The van der Waals surface area contributed by atoms with Crippen LogP contribution in [0.1, 0.15) is 44.7 Å². The second-order valence-corrected chi connectivity index (χ2v) is 8.07. The van der Waals surface area contributed by atoms with Gasteiger partial charge in [-0.2, -0.15) is 0 Å². The van der Waals surface area contributed by atoms with Gasteiger partial charge < -0.3 is 14.2 Å². The van der Waals surface area contributed by atoms with Crippen LogP contribution in [0.2, 0.25) is 0 Å². The second kappa shape index (κ2) is 11.4. The lowest BCUT2D eigenvalue weighted by Crippen LogP contribution is -2.19. The first kappa shape index (κ1) is 23.5. The van der Waals surface area contributed by atoms with Gasteiger partial charge in [0, 0.05) is 5.41 Å². The van der Waals surface area contributed by atoms with Crippen molar-refractivity contribution in [3.8, 4) is 23.0 Å². The lowest BCUT2D eigenvalue weighted by Gasteiger charge is -2.27. The van der Waals surface area contributed by atoms with Gasteiger partial charge in [0.1, 0.15) is 11.5 Å². The highest BCUT2D eigenvalue weighted by molar-refractivity contribution is 5.46. The quantitative estimate of drug-likeness (QED) is 0.275. The molecule has 0 N–H and O–H groups in total. The summed E-state index contributed by atoms with van der Waals surface area (Å²) in [6.07, 6.45) is 5.05. The van der Waals surface area contributed by atoms with E-state index in [-0.39, 0.29) is 5.41 Å². The summed E-state index contributed by atoms with van der Waals surface area (Å²) in [7, 11) is 0. The molecular formula is C29H34O3. The predicted octanol–water partition coefficient (Wildman–Crippen LogP) is 7.74. The van der Waals surface area contributed by atoms with E-state index in [0.717, 1.165) is 42.3 Å². The average Bonchev–Trinajstić information content (AvgIpc) is 2.81. The van der Waals surface area contributed by atoms with Gasteiger partial charge in [0.2, 0.25) is 0 Å². The van der Waals surface area contributed by atoms with E-state index in [2.05, 4.69) is 43.8 Å². The van der Waals surface area contributed by atoms with Gasteiger partial charge >= 0.3 is 0 Å². The Labute approximate surface area is 192 Å². The largest absolute Gasteiger partial charge is 0.490 e. The molecule has 0 saturated carbocycles.